The van der Waals surface area contributed by atoms with E-state index < -0.39 is 28.8 Å². The largest absolute Gasteiger partial charge is 0.492 e. The predicted octanol–water partition coefficient (Wildman–Crippen LogP) is 0.0912. The fraction of sp³-hybridized carbons (Fsp3) is 0.565. The van der Waals surface area contributed by atoms with Gasteiger partial charge in [-0.1, -0.05) is 26.0 Å². The van der Waals surface area contributed by atoms with Gasteiger partial charge >= 0.3 is 0 Å². The van der Waals surface area contributed by atoms with Crippen molar-refractivity contribution >= 4 is 23.6 Å². The molecule has 9 N–H and O–H groups in total. The molecule has 0 saturated carbocycles. The number of amides is 1. The fourth-order valence-electron chi connectivity index (χ4n) is 3.37. The number of ether oxygens (including phenoxy) is 2. The van der Waals surface area contributed by atoms with Gasteiger partial charge in [0.1, 0.15) is 17.8 Å². The number of aliphatic hydroxyl groups is 3. The highest BCUT2D eigenvalue weighted by Crippen LogP contribution is 2.34. The van der Waals surface area contributed by atoms with Gasteiger partial charge in [0.2, 0.25) is 11.8 Å². The van der Waals surface area contributed by atoms with Crippen molar-refractivity contribution in [2.24, 2.45) is 17.4 Å². The highest BCUT2D eigenvalue weighted by atomic mass is 32.2. The number of rotatable bonds is 12. The van der Waals surface area contributed by atoms with Crippen molar-refractivity contribution in [2.75, 3.05) is 26.3 Å². The first-order chi connectivity index (χ1) is 16.1. The van der Waals surface area contributed by atoms with Gasteiger partial charge in [0, 0.05) is 30.7 Å². The molecule has 0 aromatic heterocycles. The average molecular weight is 497 g/mol. The highest BCUT2D eigenvalue weighted by molar-refractivity contribution is 8.00. The molecule has 1 heterocycles. The molecule has 10 nitrogen and oxygen atoms in total. The Kier molecular flexibility index (Phi) is 11.1. The molecule has 0 aliphatic carbocycles. The summed E-state index contributed by atoms with van der Waals surface area (Å²) in [6.45, 7) is 4.53. The first-order valence-corrected chi connectivity index (χ1v) is 12.1. The molecule has 11 heteroatoms. The lowest BCUT2D eigenvalue weighted by Gasteiger charge is -2.35. The molecule has 0 bridgehead atoms. The summed E-state index contributed by atoms with van der Waals surface area (Å²) < 4.78 is 11.5. The Morgan fingerprint density at radius 2 is 1.94 bits per heavy atom. The Hall–Kier alpha value is -2.31. The Balaban J connectivity index is 2.02. The minimum absolute atomic E-state index is 0.00827. The minimum Gasteiger partial charge on any atom is -0.492 e. The van der Waals surface area contributed by atoms with Crippen LogP contribution < -0.4 is 21.5 Å². The number of hydrogen-bond acceptors (Lipinski definition) is 10. The number of carbonyl (C=O) groups is 1. The summed E-state index contributed by atoms with van der Waals surface area (Å²) in [6, 6.07) is 7.39. The molecule has 2 unspecified atom stereocenters. The van der Waals surface area contributed by atoms with Crippen LogP contribution >= 0.6 is 11.8 Å². The van der Waals surface area contributed by atoms with Crippen LogP contribution in [0.15, 0.2) is 35.5 Å². The number of benzene rings is 1. The van der Waals surface area contributed by atoms with Gasteiger partial charge < -0.3 is 41.6 Å². The van der Waals surface area contributed by atoms with Crippen LogP contribution in [-0.2, 0) is 16.0 Å². The van der Waals surface area contributed by atoms with Crippen molar-refractivity contribution in [3.05, 3.63) is 41.1 Å². The summed E-state index contributed by atoms with van der Waals surface area (Å²) in [4.78, 5) is 10.7. The van der Waals surface area contributed by atoms with Gasteiger partial charge in [0.25, 0.3) is 0 Å². The van der Waals surface area contributed by atoms with E-state index in [0.717, 1.165) is 5.56 Å². The van der Waals surface area contributed by atoms with E-state index in [9.17, 15) is 20.1 Å². The topological polar surface area (TPSA) is 184 Å². The maximum atomic E-state index is 10.7. The lowest BCUT2D eigenvalue weighted by atomic mass is 9.98. The van der Waals surface area contributed by atoms with E-state index >= 15 is 0 Å². The quantitative estimate of drug-likeness (QED) is 0.120. The second-order valence-corrected chi connectivity index (χ2v) is 9.83. The first-order valence-electron chi connectivity index (χ1n) is 11.2. The van der Waals surface area contributed by atoms with Gasteiger partial charge in [0.15, 0.2) is 0 Å². The van der Waals surface area contributed by atoms with Crippen LogP contribution in [0.1, 0.15) is 25.8 Å². The number of aliphatic hydroxyl groups excluding tert-OH is 3. The minimum atomic E-state index is -1.04. The zero-order valence-electron chi connectivity index (χ0n) is 19.6. The lowest BCUT2D eigenvalue weighted by molar-refractivity contribution is -0.117. The number of nitrogens with one attached hydrogen (secondary N) is 2. The van der Waals surface area contributed by atoms with E-state index in [2.05, 4.69) is 5.32 Å². The Morgan fingerprint density at radius 1 is 1.26 bits per heavy atom. The van der Waals surface area contributed by atoms with Gasteiger partial charge in [-0.15, -0.1) is 11.8 Å². The molecule has 0 spiro atoms. The zero-order chi connectivity index (χ0) is 25.3. The van der Waals surface area contributed by atoms with Crippen LogP contribution in [0, 0.1) is 11.3 Å². The SMILES string of the molecule is CC(C)/C(N)=C(\Cc1ccc(OCCNCC(N)=O)cc1)C(=N)O[C@H]1CC(O)[C@H](O)C(CO)S1. The average Bonchev–Trinajstić information content (AvgIpc) is 2.79. The number of nitrogens with two attached hydrogens (primary N) is 2. The van der Waals surface area contributed by atoms with E-state index in [1.807, 2.05) is 38.1 Å². The third kappa shape index (κ3) is 8.48. The predicted molar refractivity (Wildman–Crippen MR) is 131 cm³/mol. The van der Waals surface area contributed by atoms with Gasteiger partial charge in [-0.05, 0) is 23.6 Å². The second-order valence-electron chi connectivity index (χ2n) is 8.43. The summed E-state index contributed by atoms with van der Waals surface area (Å²) in [5, 5.41) is 40.3. The molecule has 1 amide bonds. The Morgan fingerprint density at radius 3 is 2.53 bits per heavy atom. The maximum absolute atomic E-state index is 10.7. The van der Waals surface area contributed by atoms with Crippen molar-refractivity contribution in [3.63, 3.8) is 0 Å². The number of primary amides is 1. The number of allylic oxidation sites excluding steroid dienone is 1. The van der Waals surface area contributed by atoms with Crippen molar-refractivity contribution in [2.45, 2.75) is 49.6 Å². The van der Waals surface area contributed by atoms with Crippen LogP contribution in [0.5, 0.6) is 5.75 Å². The van der Waals surface area contributed by atoms with E-state index in [1.165, 1.54) is 11.8 Å². The van der Waals surface area contributed by atoms with Crippen molar-refractivity contribution in [1.29, 1.82) is 5.41 Å². The molecule has 190 valence electrons. The standard InChI is InChI=1S/C23H36N4O6S/c1-13(2)21(25)16(23(26)33-20-10-17(29)22(31)18(12-28)34-20)9-14-3-5-15(6-4-14)32-8-7-27-11-19(24)30/h3-6,13,17-18,20,22,26-29,31H,7-12,25H2,1-2H3,(H2,24,30)/b21-16-,26-23?/t17?,18?,20-,22+/m1/s1. The molecular formula is C23H36N4O6S. The Bertz CT molecular complexity index is 848. The lowest BCUT2D eigenvalue weighted by Crippen LogP contribution is -2.45. The third-order valence-electron chi connectivity index (χ3n) is 5.36. The van der Waals surface area contributed by atoms with Crippen LogP contribution in [0.4, 0.5) is 0 Å². The van der Waals surface area contributed by atoms with Crippen molar-refractivity contribution in [1.82, 2.24) is 5.32 Å². The molecule has 34 heavy (non-hydrogen) atoms. The van der Waals surface area contributed by atoms with Crippen LogP contribution in [0.3, 0.4) is 0 Å². The molecule has 1 aromatic rings. The maximum Gasteiger partial charge on any atom is 0.231 e. The second kappa shape index (κ2) is 13.5. The molecule has 4 atom stereocenters. The zero-order valence-corrected chi connectivity index (χ0v) is 20.4. The van der Waals surface area contributed by atoms with Gasteiger partial charge in [-0.2, -0.15) is 0 Å². The smallest absolute Gasteiger partial charge is 0.231 e. The van der Waals surface area contributed by atoms with E-state index in [1.54, 1.807) is 0 Å². The van der Waals surface area contributed by atoms with Crippen LogP contribution in [-0.4, -0.2) is 76.3 Å². The van der Waals surface area contributed by atoms with Crippen molar-refractivity contribution in [3.8, 4) is 5.75 Å². The number of hydrogen-bond donors (Lipinski definition) is 7. The van der Waals surface area contributed by atoms with Gasteiger partial charge in [0.05, 0.1) is 30.6 Å². The van der Waals surface area contributed by atoms with E-state index in [4.69, 9.17) is 26.4 Å². The van der Waals surface area contributed by atoms with Crippen LogP contribution in [0.25, 0.3) is 0 Å². The molecular weight excluding hydrogens is 460 g/mol. The van der Waals surface area contributed by atoms with Gasteiger partial charge in [-0.3, -0.25) is 10.2 Å². The molecule has 1 aliphatic rings. The number of carbonyl (C=O) groups excluding carboxylic acids is 1. The summed E-state index contributed by atoms with van der Waals surface area (Å²) in [7, 11) is 0. The normalized spacial score (nSPS) is 23.4. The molecule has 1 fully saturated rings. The molecule has 0 radical (unpaired) electrons. The summed E-state index contributed by atoms with van der Waals surface area (Å²) in [5.74, 6) is 0.142. The van der Waals surface area contributed by atoms with Crippen molar-refractivity contribution < 1.29 is 29.6 Å². The van der Waals surface area contributed by atoms with Gasteiger partial charge in [-0.25, -0.2) is 0 Å². The summed E-state index contributed by atoms with van der Waals surface area (Å²) in [5.41, 5.74) is 12.8. The summed E-state index contributed by atoms with van der Waals surface area (Å²) >= 11 is 1.20. The first kappa shape index (κ1) is 27.9. The molecule has 2 rings (SSSR count). The fourth-order valence-corrected chi connectivity index (χ4v) is 4.65. The monoisotopic (exact) mass is 496 g/mol. The molecule has 1 saturated heterocycles. The summed E-state index contributed by atoms with van der Waals surface area (Å²) in [6.07, 6.45) is -1.57. The number of thioether (sulfide) groups is 1. The Labute approximate surface area is 204 Å². The molecule has 1 aliphatic heterocycles. The highest BCUT2D eigenvalue weighted by Gasteiger charge is 2.37. The molecule has 1 aromatic carbocycles. The van der Waals surface area contributed by atoms with E-state index in [-0.39, 0.29) is 31.4 Å². The third-order valence-corrected chi connectivity index (χ3v) is 6.73. The van der Waals surface area contributed by atoms with E-state index in [0.29, 0.717) is 36.6 Å². The van der Waals surface area contributed by atoms with Crippen LogP contribution in [0.2, 0.25) is 0 Å².